The fraction of sp³-hybridized carbons (Fsp3) is 0.214. The molecule has 10 nitrogen and oxygen atoms in total. The number of nitrogens with one attached hydrogen (secondary N) is 1. The number of para-hydroxylation sites is 1. The lowest BCUT2D eigenvalue weighted by Gasteiger charge is -2.50. The van der Waals surface area contributed by atoms with Crippen LogP contribution in [0.25, 0.3) is 0 Å². The minimum atomic E-state index is -1.78. The predicted molar refractivity (Wildman–Crippen MR) is 145 cm³/mol. The van der Waals surface area contributed by atoms with Crippen molar-refractivity contribution in [1.82, 2.24) is 29.5 Å². The molecule has 1 aliphatic heterocycles. The summed E-state index contributed by atoms with van der Waals surface area (Å²) >= 11 is 6.03. The van der Waals surface area contributed by atoms with E-state index in [4.69, 9.17) is 11.6 Å². The zero-order chi connectivity index (χ0) is 27.4. The zero-order valence-electron chi connectivity index (χ0n) is 21.1. The number of benzene rings is 2. The van der Waals surface area contributed by atoms with Crippen molar-refractivity contribution in [2.24, 2.45) is 0 Å². The highest BCUT2D eigenvalue weighted by Gasteiger charge is 2.57. The van der Waals surface area contributed by atoms with E-state index in [1.165, 1.54) is 27.0 Å². The van der Waals surface area contributed by atoms with Gasteiger partial charge >= 0.3 is 6.03 Å². The Hall–Kier alpha value is -4.57. The fourth-order valence-corrected chi connectivity index (χ4v) is 5.09. The van der Waals surface area contributed by atoms with Gasteiger partial charge < -0.3 is 10.2 Å². The highest BCUT2D eigenvalue weighted by molar-refractivity contribution is 6.30. The molecule has 3 heterocycles. The van der Waals surface area contributed by atoms with Crippen molar-refractivity contribution in [3.8, 4) is 0 Å². The summed E-state index contributed by atoms with van der Waals surface area (Å²) in [6, 6.07) is 19.4. The zero-order valence-corrected chi connectivity index (χ0v) is 21.9. The van der Waals surface area contributed by atoms with Crippen LogP contribution >= 0.6 is 11.6 Å². The number of rotatable bonds is 7. The van der Waals surface area contributed by atoms with Gasteiger partial charge in [-0.2, -0.15) is 0 Å². The molecule has 1 N–H and O–H groups in total. The standard InChI is InChI=1S/C28H26ClN7O3/c1-2-23(25(37)20-11-13-21(29)14-12-20)35-16-17-36(27(39)33-22-8-4-3-5-9-22)28(26(35)38,34-18-31-32-19-34)24-10-6-7-15-30-24/h3-15,18-19,23H,2,16-17H2,1H3,(H,33,39). The van der Waals surface area contributed by atoms with Gasteiger partial charge in [0.15, 0.2) is 5.78 Å². The average Bonchev–Trinajstić information content (AvgIpc) is 3.51. The van der Waals surface area contributed by atoms with Crippen LogP contribution in [0.1, 0.15) is 29.4 Å². The molecule has 11 heteroatoms. The SMILES string of the molecule is CCC(C(=O)c1ccc(Cl)cc1)N1CCN(C(=O)Nc2ccccc2)C(c2ccccn2)(n2cnnc2)C1=O. The molecule has 1 saturated heterocycles. The predicted octanol–water partition coefficient (Wildman–Crippen LogP) is 4.07. The molecule has 0 aliphatic carbocycles. The maximum atomic E-state index is 14.7. The number of carbonyl (C=O) groups excluding carboxylic acids is 3. The van der Waals surface area contributed by atoms with Gasteiger partial charge in [-0.15, -0.1) is 10.2 Å². The van der Waals surface area contributed by atoms with Crippen molar-refractivity contribution in [2.75, 3.05) is 18.4 Å². The van der Waals surface area contributed by atoms with Crippen molar-refractivity contribution in [3.05, 3.63) is 108 Å². The molecule has 2 aromatic heterocycles. The third kappa shape index (κ3) is 4.74. The van der Waals surface area contributed by atoms with Gasteiger partial charge in [-0.1, -0.05) is 42.8 Å². The summed E-state index contributed by atoms with van der Waals surface area (Å²) in [4.78, 5) is 49.6. The van der Waals surface area contributed by atoms with E-state index in [1.54, 1.807) is 72.9 Å². The molecule has 2 aromatic carbocycles. The van der Waals surface area contributed by atoms with Crippen LogP contribution in [0.4, 0.5) is 10.5 Å². The molecular weight excluding hydrogens is 518 g/mol. The van der Waals surface area contributed by atoms with Crippen LogP contribution in [-0.2, 0) is 10.5 Å². The number of anilines is 1. The monoisotopic (exact) mass is 543 g/mol. The molecule has 1 fully saturated rings. The summed E-state index contributed by atoms with van der Waals surface area (Å²) < 4.78 is 1.47. The van der Waals surface area contributed by atoms with Gasteiger partial charge in [-0.3, -0.25) is 24.0 Å². The van der Waals surface area contributed by atoms with Crippen molar-refractivity contribution < 1.29 is 14.4 Å². The largest absolute Gasteiger partial charge is 0.326 e. The second kappa shape index (κ2) is 11.0. The fourth-order valence-electron chi connectivity index (χ4n) is 4.97. The molecular formula is C28H26ClN7O3. The lowest BCUT2D eigenvalue weighted by atomic mass is 9.93. The average molecular weight is 544 g/mol. The molecule has 0 spiro atoms. The van der Waals surface area contributed by atoms with Gasteiger partial charge in [0, 0.05) is 35.6 Å². The summed E-state index contributed by atoms with van der Waals surface area (Å²) in [6.07, 6.45) is 4.67. The molecule has 0 saturated carbocycles. The van der Waals surface area contributed by atoms with Gasteiger partial charge in [0.1, 0.15) is 12.7 Å². The molecule has 39 heavy (non-hydrogen) atoms. The van der Waals surface area contributed by atoms with Crippen molar-refractivity contribution in [1.29, 1.82) is 0 Å². The van der Waals surface area contributed by atoms with Crippen LogP contribution in [-0.4, -0.2) is 66.4 Å². The van der Waals surface area contributed by atoms with Crippen LogP contribution < -0.4 is 5.32 Å². The minimum absolute atomic E-state index is 0.115. The first-order valence-electron chi connectivity index (χ1n) is 12.5. The lowest BCUT2D eigenvalue weighted by Crippen LogP contribution is -2.71. The van der Waals surface area contributed by atoms with Crippen LogP contribution in [0, 0.1) is 0 Å². The molecule has 0 radical (unpaired) electrons. The number of carbonyl (C=O) groups is 3. The normalized spacial score (nSPS) is 18.1. The Morgan fingerprint density at radius 3 is 2.31 bits per heavy atom. The first-order valence-corrected chi connectivity index (χ1v) is 12.9. The first-order chi connectivity index (χ1) is 19.0. The van der Waals surface area contributed by atoms with Gasteiger partial charge in [0.25, 0.3) is 5.91 Å². The first kappa shape index (κ1) is 26.1. The van der Waals surface area contributed by atoms with Gasteiger partial charge in [0.05, 0.1) is 11.7 Å². The molecule has 2 atom stereocenters. The third-order valence-corrected chi connectivity index (χ3v) is 7.05. The summed E-state index contributed by atoms with van der Waals surface area (Å²) in [5.74, 6) is -0.715. The molecule has 3 amide bonds. The molecule has 2 unspecified atom stereocenters. The summed E-state index contributed by atoms with van der Waals surface area (Å²) in [5.41, 5.74) is -0.483. The van der Waals surface area contributed by atoms with Crippen LogP contribution in [0.3, 0.4) is 0 Å². The van der Waals surface area contributed by atoms with Crippen LogP contribution in [0.15, 0.2) is 91.6 Å². The molecule has 198 valence electrons. The maximum absolute atomic E-state index is 14.7. The van der Waals surface area contributed by atoms with E-state index in [1.807, 2.05) is 13.0 Å². The number of urea groups is 1. The molecule has 0 bridgehead atoms. The number of hydrogen-bond donors (Lipinski definition) is 1. The van der Waals surface area contributed by atoms with E-state index in [2.05, 4.69) is 20.5 Å². The Balaban J connectivity index is 1.62. The molecule has 1 aliphatic rings. The second-order valence-electron chi connectivity index (χ2n) is 9.00. The number of piperazine rings is 1. The number of ketones is 1. The van der Waals surface area contributed by atoms with Crippen molar-refractivity contribution in [2.45, 2.75) is 25.0 Å². The van der Waals surface area contributed by atoms with E-state index in [0.717, 1.165) is 0 Å². The number of halogens is 1. The number of hydrogen-bond acceptors (Lipinski definition) is 6. The smallest absolute Gasteiger partial charge is 0.324 e. The lowest BCUT2D eigenvalue weighted by molar-refractivity contribution is -0.154. The van der Waals surface area contributed by atoms with E-state index in [9.17, 15) is 14.4 Å². The summed E-state index contributed by atoms with van der Waals surface area (Å²) in [5, 5.41) is 11.3. The van der Waals surface area contributed by atoms with Crippen molar-refractivity contribution >= 4 is 35.0 Å². The van der Waals surface area contributed by atoms with Gasteiger partial charge in [0.2, 0.25) is 5.66 Å². The van der Waals surface area contributed by atoms with Gasteiger partial charge in [-0.05, 0) is 55.0 Å². The van der Waals surface area contributed by atoms with Gasteiger partial charge in [-0.25, -0.2) is 4.79 Å². The number of pyridine rings is 1. The van der Waals surface area contributed by atoms with E-state index >= 15 is 0 Å². The second-order valence-corrected chi connectivity index (χ2v) is 9.43. The molecule has 5 rings (SSSR count). The van der Waals surface area contributed by atoms with Crippen molar-refractivity contribution in [3.63, 3.8) is 0 Å². The highest BCUT2D eigenvalue weighted by Crippen LogP contribution is 2.36. The quantitative estimate of drug-likeness (QED) is 0.352. The summed E-state index contributed by atoms with van der Waals surface area (Å²) in [6.45, 7) is 2.10. The Bertz CT molecular complexity index is 1450. The van der Waals surface area contributed by atoms with Crippen LogP contribution in [0.2, 0.25) is 5.02 Å². The summed E-state index contributed by atoms with van der Waals surface area (Å²) in [7, 11) is 0. The highest BCUT2D eigenvalue weighted by atomic mass is 35.5. The Labute approximate surface area is 230 Å². The Morgan fingerprint density at radius 1 is 0.974 bits per heavy atom. The topological polar surface area (TPSA) is 113 Å². The van der Waals surface area contributed by atoms with E-state index < -0.39 is 23.6 Å². The van der Waals surface area contributed by atoms with E-state index in [-0.39, 0.29) is 24.6 Å². The number of nitrogens with zero attached hydrogens (tertiary/aromatic N) is 6. The Kier molecular flexibility index (Phi) is 7.38. The number of aromatic nitrogens is 4. The number of amides is 3. The third-order valence-electron chi connectivity index (χ3n) is 6.79. The van der Waals surface area contributed by atoms with E-state index in [0.29, 0.717) is 22.7 Å². The Morgan fingerprint density at radius 2 is 1.67 bits per heavy atom. The molecule has 4 aromatic rings. The maximum Gasteiger partial charge on any atom is 0.324 e. The number of Topliss-reactive ketones (excluding diaryl/α,β-unsaturated/α-hetero) is 1. The minimum Gasteiger partial charge on any atom is -0.326 e. The van der Waals surface area contributed by atoms with Crippen LogP contribution in [0.5, 0.6) is 0 Å².